The van der Waals surface area contributed by atoms with Crippen LogP contribution >= 0.6 is 11.8 Å². The van der Waals surface area contributed by atoms with E-state index in [0.29, 0.717) is 11.3 Å². The van der Waals surface area contributed by atoms with Crippen LogP contribution in [0.25, 0.3) is 0 Å². The number of rotatable bonds is 4. The van der Waals surface area contributed by atoms with Gasteiger partial charge in [-0.05, 0) is 24.6 Å². The maximum atomic E-state index is 10.9. The highest BCUT2D eigenvalue weighted by Crippen LogP contribution is 2.32. The van der Waals surface area contributed by atoms with Crippen LogP contribution in [0.3, 0.4) is 0 Å². The summed E-state index contributed by atoms with van der Waals surface area (Å²) in [4.78, 5) is 11.3. The van der Waals surface area contributed by atoms with Crippen LogP contribution in [-0.4, -0.2) is 10.0 Å². The molecule has 0 aliphatic heterocycles. The highest BCUT2D eigenvalue weighted by Gasteiger charge is 2.13. The van der Waals surface area contributed by atoms with Gasteiger partial charge in [-0.25, -0.2) is 0 Å². The molecule has 0 fully saturated rings. The topological polar surface area (TPSA) is 63.4 Å². The van der Waals surface area contributed by atoms with E-state index in [2.05, 4.69) is 0 Å². The molecule has 0 aliphatic rings. The summed E-state index contributed by atoms with van der Waals surface area (Å²) in [7, 11) is 0. The normalized spacial score (nSPS) is 10.4. The van der Waals surface area contributed by atoms with Gasteiger partial charge in [-0.3, -0.25) is 10.1 Å². The van der Waals surface area contributed by atoms with Crippen molar-refractivity contribution in [1.29, 1.82) is 0 Å². The van der Waals surface area contributed by atoms with Crippen molar-refractivity contribution in [2.75, 3.05) is 0 Å². The third kappa shape index (κ3) is 3.06. The van der Waals surface area contributed by atoms with Gasteiger partial charge in [0.1, 0.15) is 5.75 Å². The van der Waals surface area contributed by atoms with Gasteiger partial charge in [0.2, 0.25) is 0 Å². The zero-order valence-corrected chi connectivity index (χ0v) is 11.2. The van der Waals surface area contributed by atoms with Crippen molar-refractivity contribution in [3.8, 4) is 5.75 Å². The van der Waals surface area contributed by atoms with E-state index in [1.807, 2.05) is 18.2 Å². The number of nitrogens with zero attached hydrogens (tertiary/aromatic N) is 1. The highest BCUT2D eigenvalue weighted by molar-refractivity contribution is 7.98. The molecule has 0 unspecified atom stereocenters. The zero-order chi connectivity index (χ0) is 13.8. The first kappa shape index (κ1) is 13.4. The summed E-state index contributed by atoms with van der Waals surface area (Å²) in [6, 6.07) is 12.1. The third-order valence-corrected chi connectivity index (χ3v) is 3.97. The van der Waals surface area contributed by atoms with Gasteiger partial charge >= 0.3 is 0 Å². The third-order valence-electron chi connectivity index (χ3n) is 2.86. The van der Waals surface area contributed by atoms with Gasteiger partial charge in [-0.2, -0.15) is 0 Å². The Bertz CT molecular complexity index is 613. The summed E-state index contributed by atoms with van der Waals surface area (Å²) in [6.07, 6.45) is 0. The molecule has 0 amide bonds. The fourth-order valence-electron chi connectivity index (χ4n) is 1.76. The minimum atomic E-state index is -0.372. The van der Waals surface area contributed by atoms with E-state index in [4.69, 9.17) is 0 Å². The van der Waals surface area contributed by atoms with Crippen molar-refractivity contribution in [3.63, 3.8) is 0 Å². The second-order valence-electron chi connectivity index (χ2n) is 4.07. The van der Waals surface area contributed by atoms with Gasteiger partial charge in [0.15, 0.2) is 0 Å². The quantitative estimate of drug-likeness (QED) is 0.522. The molecule has 0 saturated carbocycles. The Kier molecular flexibility index (Phi) is 4.06. The average Bonchev–Trinajstić information content (AvgIpc) is 2.39. The van der Waals surface area contributed by atoms with Crippen LogP contribution in [0.15, 0.2) is 47.4 Å². The Morgan fingerprint density at radius 1 is 1.21 bits per heavy atom. The number of hydrogen-bond acceptors (Lipinski definition) is 4. The smallest absolute Gasteiger partial charge is 0.272 e. The number of nitro benzene ring substituents is 1. The number of phenolic OH excluding ortho intramolecular Hbond substituents is 1. The Labute approximate surface area is 115 Å². The molecule has 0 atom stereocenters. The number of aromatic hydroxyl groups is 1. The van der Waals surface area contributed by atoms with Gasteiger partial charge in [-0.1, -0.05) is 24.3 Å². The van der Waals surface area contributed by atoms with Gasteiger partial charge in [-0.15, -0.1) is 11.8 Å². The van der Waals surface area contributed by atoms with Crippen molar-refractivity contribution in [2.45, 2.75) is 17.6 Å². The lowest BCUT2D eigenvalue weighted by atomic mass is 10.1. The monoisotopic (exact) mass is 275 g/mol. The molecule has 19 heavy (non-hydrogen) atoms. The predicted molar refractivity (Wildman–Crippen MR) is 75.5 cm³/mol. The van der Waals surface area contributed by atoms with Crippen molar-refractivity contribution < 1.29 is 10.0 Å². The van der Waals surface area contributed by atoms with E-state index in [1.54, 1.807) is 25.1 Å². The Hall–Kier alpha value is -2.01. The summed E-state index contributed by atoms with van der Waals surface area (Å²) in [5, 5.41) is 20.5. The fraction of sp³-hybridized carbons (Fsp3) is 0.143. The lowest BCUT2D eigenvalue weighted by molar-refractivity contribution is -0.385. The van der Waals surface area contributed by atoms with Crippen LogP contribution in [0.4, 0.5) is 5.69 Å². The van der Waals surface area contributed by atoms with E-state index < -0.39 is 0 Å². The molecule has 1 N–H and O–H groups in total. The standard InChI is InChI=1S/C14H13NO3S/c1-10-11(5-4-6-12(10)15(17)18)9-19-14-8-3-2-7-13(14)16/h2-8,16H,9H2,1H3. The maximum Gasteiger partial charge on any atom is 0.272 e. The summed E-state index contributed by atoms with van der Waals surface area (Å²) in [5.41, 5.74) is 1.72. The largest absolute Gasteiger partial charge is 0.507 e. The summed E-state index contributed by atoms with van der Waals surface area (Å²) >= 11 is 1.46. The van der Waals surface area contributed by atoms with Gasteiger partial charge < -0.3 is 5.11 Å². The molecule has 0 aliphatic carbocycles. The number of para-hydroxylation sites is 1. The fourth-order valence-corrected chi connectivity index (χ4v) is 2.77. The summed E-state index contributed by atoms with van der Waals surface area (Å²) in [5.74, 6) is 0.820. The van der Waals surface area contributed by atoms with Crippen LogP contribution < -0.4 is 0 Å². The minimum absolute atomic E-state index is 0.135. The molecule has 0 spiro atoms. The van der Waals surface area contributed by atoms with Crippen molar-refractivity contribution >= 4 is 17.4 Å². The molecule has 2 aromatic rings. The second-order valence-corrected chi connectivity index (χ2v) is 5.09. The first-order valence-electron chi connectivity index (χ1n) is 5.73. The number of thioether (sulfide) groups is 1. The van der Waals surface area contributed by atoms with Crippen molar-refractivity contribution in [3.05, 3.63) is 63.7 Å². The summed E-state index contributed by atoms with van der Waals surface area (Å²) < 4.78 is 0. The Balaban J connectivity index is 2.19. The lowest BCUT2D eigenvalue weighted by Gasteiger charge is -2.07. The van der Waals surface area contributed by atoms with E-state index in [-0.39, 0.29) is 16.4 Å². The van der Waals surface area contributed by atoms with E-state index in [0.717, 1.165) is 10.5 Å². The lowest BCUT2D eigenvalue weighted by Crippen LogP contribution is -1.95. The molecule has 0 bridgehead atoms. The molecule has 0 saturated heterocycles. The minimum Gasteiger partial charge on any atom is -0.507 e. The van der Waals surface area contributed by atoms with Crippen LogP contribution in [0, 0.1) is 17.0 Å². The Morgan fingerprint density at radius 3 is 2.63 bits per heavy atom. The maximum absolute atomic E-state index is 10.9. The number of hydrogen-bond donors (Lipinski definition) is 1. The predicted octanol–water partition coefficient (Wildman–Crippen LogP) is 3.90. The highest BCUT2D eigenvalue weighted by atomic mass is 32.2. The van der Waals surface area contributed by atoms with Crippen LogP contribution in [0.5, 0.6) is 5.75 Å². The molecule has 4 nitrogen and oxygen atoms in total. The molecule has 5 heteroatoms. The molecular weight excluding hydrogens is 262 g/mol. The molecule has 98 valence electrons. The first-order valence-corrected chi connectivity index (χ1v) is 6.72. The van der Waals surface area contributed by atoms with E-state index in [9.17, 15) is 15.2 Å². The average molecular weight is 275 g/mol. The molecule has 2 aromatic carbocycles. The van der Waals surface area contributed by atoms with Gasteiger partial charge in [0.05, 0.1) is 4.92 Å². The van der Waals surface area contributed by atoms with Crippen molar-refractivity contribution in [2.24, 2.45) is 0 Å². The Morgan fingerprint density at radius 2 is 1.95 bits per heavy atom. The number of benzene rings is 2. The van der Waals surface area contributed by atoms with Crippen LogP contribution in [0.1, 0.15) is 11.1 Å². The number of nitro groups is 1. The van der Waals surface area contributed by atoms with Crippen LogP contribution in [-0.2, 0) is 5.75 Å². The van der Waals surface area contributed by atoms with Crippen molar-refractivity contribution in [1.82, 2.24) is 0 Å². The summed E-state index contributed by atoms with van der Waals surface area (Å²) in [6.45, 7) is 1.75. The number of phenols is 1. The van der Waals surface area contributed by atoms with E-state index in [1.165, 1.54) is 17.8 Å². The zero-order valence-electron chi connectivity index (χ0n) is 10.4. The van der Waals surface area contributed by atoms with Gasteiger partial charge in [0, 0.05) is 22.3 Å². The van der Waals surface area contributed by atoms with Gasteiger partial charge in [0.25, 0.3) is 5.69 Å². The molecule has 0 radical (unpaired) electrons. The molecular formula is C14H13NO3S. The van der Waals surface area contributed by atoms with E-state index >= 15 is 0 Å². The van der Waals surface area contributed by atoms with Crippen LogP contribution in [0.2, 0.25) is 0 Å². The SMILES string of the molecule is Cc1c(CSc2ccccc2O)cccc1[N+](=O)[O-]. The second kappa shape index (κ2) is 5.75. The molecule has 2 rings (SSSR count). The molecule has 0 aromatic heterocycles. The first-order chi connectivity index (χ1) is 9.09. The molecule has 0 heterocycles.